The van der Waals surface area contributed by atoms with Gasteiger partial charge in [-0.05, 0) is 20.3 Å². The van der Waals surface area contributed by atoms with Crippen LogP contribution in [-0.2, 0) is 4.79 Å². The van der Waals surface area contributed by atoms with Crippen molar-refractivity contribution in [2.24, 2.45) is 0 Å². The van der Waals surface area contributed by atoms with Crippen molar-refractivity contribution in [3.63, 3.8) is 0 Å². The van der Waals surface area contributed by atoms with Crippen molar-refractivity contribution >= 4 is 5.91 Å². The van der Waals surface area contributed by atoms with Gasteiger partial charge in [-0.1, -0.05) is 13.3 Å². The van der Waals surface area contributed by atoms with Crippen molar-refractivity contribution in [2.75, 3.05) is 39.8 Å². The molecule has 0 aromatic heterocycles. The monoisotopic (exact) mass is 255 g/mol. The third-order valence-electron chi connectivity index (χ3n) is 3.83. The lowest BCUT2D eigenvalue weighted by Crippen LogP contribution is -2.54. The molecule has 1 aliphatic heterocycles. The Balaban J connectivity index is 2.45. The van der Waals surface area contributed by atoms with Crippen molar-refractivity contribution in [2.45, 2.75) is 45.6 Å². The molecule has 4 nitrogen and oxygen atoms in total. The number of unbranched alkanes of at least 4 members (excludes halogenated alkanes) is 1. The maximum atomic E-state index is 12.2. The van der Waals surface area contributed by atoms with E-state index in [1.165, 1.54) is 0 Å². The van der Waals surface area contributed by atoms with Gasteiger partial charge in [0, 0.05) is 51.7 Å². The molecule has 106 valence electrons. The van der Waals surface area contributed by atoms with E-state index in [4.69, 9.17) is 0 Å². The van der Waals surface area contributed by atoms with Crippen LogP contribution in [0.3, 0.4) is 0 Å². The second-order valence-electron chi connectivity index (χ2n) is 5.90. The van der Waals surface area contributed by atoms with E-state index < -0.39 is 0 Å². The predicted octanol–water partition coefficient (Wildman–Crippen LogP) is 1.32. The number of nitrogens with one attached hydrogen (secondary N) is 1. The molecule has 0 unspecified atom stereocenters. The molecule has 0 aromatic rings. The van der Waals surface area contributed by atoms with E-state index in [0.717, 1.165) is 45.6 Å². The van der Waals surface area contributed by atoms with Gasteiger partial charge in [-0.2, -0.15) is 0 Å². The molecule has 1 aliphatic rings. The van der Waals surface area contributed by atoms with E-state index in [2.05, 4.69) is 31.0 Å². The van der Waals surface area contributed by atoms with E-state index in [1.54, 1.807) is 0 Å². The average molecular weight is 255 g/mol. The van der Waals surface area contributed by atoms with Crippen molar-refractivity contribution < 1.29 is 4.79 Å². The van der Waals surface area contributed by atoms with Crippen molar-refractivity contribution in [1.82, 2.24) is 15.1 Å². The van der Waals surface area contributed by atoms with Crippen LogP contribution in [0.5, 0.6) is 0 Å². The molecular weight excluding hydrogens is 226 g/mol. The first kappa shape index (κ1) is 15.4. The van der Waals surface area contributed by atoms with Gasteiger partial charge in [0.1, 0.15) is 0 Å². The third-order valence-corrected chi connectivity index (χ3v) is 3.83. The first-order chi connectivity index (χ1) is 8.47. The zero-order valence-electron chi connectivity index (χ0n) is 12.5. The molecule has 0 saturated carbocycles. The third kappa shape index (κ3) is 4.58. The fraction of sp³-hybridized carbons (Fsp3) is 0.929. The zero-order valence-corrected chi connectivity index (χ0v) is 12.5. The number of carbonyl (C=O) groups is 1. The minimum Gasteiger partial charge on any atom is -0.346 e. The van der Waals surface area contributed by atoms with Crippen molar-refractivity contribution in [3.05, 3.63) is 0 Å². The van der Waals surface area contributed by atoms with Gasteiger partial charge in [0.15, 0.2) is 0 Å². The summed E-state index contributed by atoms with van der Waals surface area (Å²) in [5, 5.41) is 3.35. The number of hydrogen-bond acceptors (Lipinski definition) is 3. The number of amides is 1. The second kappa shape index (κ2) is 7.10. The van der Waals surface area contributed by atoms with Crippen LogP contribution in [0.4, 0.5) is 0 Å². The summed E-state index contributed by atoms with van der Waals surface area (Å²) in [4.78, 5) is 16.5. The lowest BCUT2D eigenvalue weighted by atomic mass is 9.96. The molecular formula is C14H29N3O. The quantitative estimate of drug-likeness (QED) is 0.777. The van der Waals surface area contributed by atoms with Crippen LogP contribution >= 0.6 is 0 Å². The molecule has 0 aliphatic carbocycles. The minimum atomic E-state index is -0.0281. The fourth-order valence-electron chi connectivity index (χ4n) is 2.41. The summed E-state index contributed by atoms with van der Waals surface area (Å²) in [6, 6.07) is 0. The van der Waals surface area contributed by atoms with E-state index >= 15 is 0 Å². The minimum absolute atomic E-state index is 0.0281. The Labute approximate surface area is 112 Å². The molecule has 4 heteroatoms. The van der Waals surface area contributed by atoms with Crippen LogP contribution < -0.4 is 5.32 Å². The van der Waals surface area contributed by atoms with Gasteiger partial charge in [-0.25, -0.2) is 0 Å². The number of nitrogens with zero attached hydrogens (tertiary/aromatic N) is 2. The molecule has 1 heterocycles. The van der Waals surface area contributed by atoms with Gasteiger partial charge in [0.05, 0.1) is 0 Å². The largest absolute Gasteiger partial charge is 0.346 e. The van der Waals surface area contributed by atoms with Crippen LogP contribution in [0.1, 0.15) is 40.0 Å². The predicted molar refractivity (Wildman–Crippen MR) is 75.7 cm³/mol. The van der Waals surface area contributed by atoms with Crippen molar-refractivity contribution in [3.8, 4) is 0 Å². The highest BCUT2D eigenvalue weighted by Crippen LogP contribution is 2.20. The smallest absolute Gasteiger partial charge is 0.224 e. The fourth-order valence-corrected chi connectivity index (χ4v) is 2.41. The molecule has 0 atom stereocenters. The van der Waals surface area contributed by atoms with Crippen LogP contribution in [0.15, 0.2) is 0 Å². The van der Waals surface area contributed by atoms with Gasteiger partial charge in [-0.15, -0.1) is 0 Å². The van der Waals surface area contributed by atoms with Crippen LogP contribution in [-0.4, -0.2) is 61.0 Å². The first-order valence-corrected chi connectivity index (χ1v) is 7.17. The second-order valence-corrected chi connectivity index (χ2v) is 5.90. The number of rotatable bonds is 6. The molecule has 1 saturated heterocycles. The lowest BCUT2D eigenvalue weighted by Gasteiger charge is -2.41. The van der Waals surface area contributed by atoms with Crippen LogP contribution in [0, 0.1) is 0 Å². The van der Waals surface area contributed by atoms with E-state index in [-0.39, 0.29) is 11.4 Å². The molecule has 1 amide bonds. The lowest BCUT2D eigenvalue weighted by molar-refractivity contribution is -0.132. The maximum Gasteiger partial charge on any atom is 0.224 e. The number of hydrogen-bond donors (Lipinski definition) is 1. The molecule has 1 N–H and O–H groups in total. The van der Waals surface area contributed by atoms with Gasteiger partial charge < -0.3 is 10.2 Å². The van der Waals surface area contributed by atoms with E-state index in [9.17, 15) is 4.79 Å². The first-order valence-electron chi connectivity index (χ1n) is 7.17. The summed E-state index contributed by atoms with van der Waals surface area (Å²) < 4.78 is 0. The Hall–Kier alpha value is -0.610. The van der Waals surface area contributed by atoms with E-state index in [1.807, 2.05) is 11.9 Å². The Kier molecular flexibility index (Phi) is 6.09. The van der Waals surface area contributed by atoms with E-state index in [0.29, 0.717) is 6.42 Å². The molecule has 0 spiro atoms. The maximum absolute atomic E-state index is 12.2. The molecule has 1 rings (SSSR count). The number of carbonyl (C=O) groups excluding carboxylic acids is 1. The van der Waals surface area contributed by atoms with Crippen LogP contribution in [0.2, 0.25) is 0 Å². The molecule has 0 bridgehead atoms. The summed E-state index contributed by atoms with van der Waals surface area (Å²) in [7, 11) is 1.92. The van der Waals surface area contributed by atoms with Gasteiger partial charge in [-0.3, -0.25) is 9.69 Å². The highest BCUT2D eigenvalue weighted by atomic mass is 16.2. The highest BCUT2D eigenvalue weighted by Gasteiger charge is 2.31. The summed E-state index contributed by atoms with van der Waals surface area (Å²) in [6.45, 7) is 11.5. The Bertz CT molecular complexity index is 260. The molecule has 0 radical (unpaired) electrons. The SMILES string of the molecule is CCCCN(C)C(=O)CC(C)(C)N1CCNCC1. The summed E-state index contributed by atoms with van der Waals surface area (Å²) in [6.07, 6.45) is 2.85. The summed E-state index contributed by atoms with van der Waals surface area (Å²) in [5.74, 6) is 0.270. The Morgan fingerprint density at radius 1 is 1.33 bits per heavy atom. The van der Waals surface area contributed by atoms with Gasteiger partial charge >= 0.3 is 0 Å². The van der Waals surface area contributed by atoms with Crippen molar-refractivity contribution in [1.29, 1.82) is 0 Å². The molecule has 1 fully saturated rings. The average Bonchev–Trinajstić information content (AvgIpc) is 2.36. The molecule has 0 aromatic carbocycles. The highest BCUT2D eigenvalue weighted by molar-refractivity contribution is 5.77. The topological polar surface area (TPSA) is 35.6 Å². The normalized spacial score (nSPS) is 17.8. The summed E-state index contributed by atoms with van der Waals surface area (Å²) >= 11 is 0. The Morgan fingerprint density at radius 3 is 2.50 bits per heavy atom. The van der Waals surface area contributed by atoms with Gasteiger partial charge in [0.2, 0.25) is 5.91 Å². The number of piperazine rings is 1. The summed E-state index contributed by atoms with van der Waals surface area (Å²) in [5.41, 5.74) is -0.0281. The molecule has 18 heavy (non-hydrogen) atoms. The standard InChI is InChI=1S/C14H29N3O/c1-5-6-9-16(4)13(18)12-14(2,3)17-10-7-15-8-11-17/h15H,5-12H2,1-4H3. The Morgan fingerprint density at radius 2 is 1.94 bits per heavy atom. The van der Waals surface area contributed by atoms with Gasteiger partial charge in [0.25, 0.3) is 0 Å². The van der Waals surface area contributed by atoms with Crippen LogP contribution in [0.25, 0.3) is 0 Å². The zero-order chi connectivity index (χ0) is 13.6.